The van der Waals surface area contributed by atoms with Gasteiger partial charge < -0.3 is 20.5 Å². The number of carbonyl (C=O) groups is 1. The summed E-state index contributed by atoms with van der Waals surface area (Å²) in [5, 5.41) is 4.79. The fraction of sp³-hybridized carbons (Fsp3) is 0.583. The van der Waals surface area contributed by atoms with Crippen LogP contribution >= 0.6 is 11.3 Å². The Morgan fingerprint density at radius 2 is 2.50 bits per heavy atom. The van der Waals surface area contributed by atoms with Crippen LogP contribution < -0.4 is 15.8 Å². The lowest BCUT2D eigenvalue weighted by Gasteiger charge is -2.45. The van der Waals surface area contributed by atoms with E-state index in [4.69, 9.17) is 15.2 Å². The molecule has 1 aliphatic heterocycles. The van der Waals surface area contributed by atoms with Crippen molar-refractivity contribution < 1.29 is 14.3 Å². The predicted molar refractivity (Wildman–Crippen MR) is 67.9 cm³/mol. The minimum atomic E-state index is -0.128. The summed E-state index contributed by atoms with van der Waals surface area (Å²) in [7, 11) is 1.56. The van der Waals surface area contributed by atoms with Crippen LogP contribution in [0.15, 0.2) is 11.4 Å². The van der Waals surface area contributed by atoms with Gasteiger partial charge in [0.05, 0.1) is 19.3 Å². The Morgan fingerprint density at radius 1 is 1.67 bits per heavy atom. The van der Waals surface area contributed by atoms with Gasteiger partial charge in [-0.2, -0.15) is 0 Å². The maximum absolute atomic E-state index is 12.1. The van der Waals surface area contributed by atoms with Crippen molar-refractivity contribution in [3.63, 3.8) is 0 Å². The number of thiophene rings is 1. The number of amides is 1. The number of rotatable bonds is 3. The number of carbonyl (C=O) groups excluding carboxylic acids is 1. The standard InChI is InChI=1S/C12H16N2O3S/c1-16-7-3-5-18-11(7)12(15)14-9-8(13)6-2-4-17-10(6)9/h3,5-6,8-10H,2,4,13H2,1H3,(H,14,15). The Labute approximate surface area is 109 Å². The van der Waals surface area contributed by atoms with Gasteiger partial charge in [-0.1, -0.05) is 0 Å². The number of nitrogens with two attached hydrogens (primary N) is 1. The van der Waals surface area contributed by atoms with Crippen LogP contribution in [0.4, 0.5) is 0 Å². The molecule has 2 heterocycles. The molecule has 0 radical (unpaired) electrons. The van der Waals surface area contributed by atoms with Crippen LogP contribution in [-0.2, 0) is 4.74 Å². The van der Waals surface area contributed by atoms with E-state index in [1.54, 1.807) is 13.2 Å². The molecule has 1 saturated carbocycles. The van der Waals surface area contributed by atoms with Crippen LogP contribution in [0.5, 0.6) is 5.75 Å². The quantitative estimate of drug-likeness (QED) is 0.842. The zero-order valence-corrected chi connectivity index (χ0v) is 10.9. The fourth-order valence-electron chi connectivity index (χ4n) is 2.77. The van der Waals surface area contributed by atoms with Crippen molar-refractivity contribution in [3.8, 4) is 5.75 Å². The Bertz CT molecular complexity index is 462. The number of methoxy groups -OCH3 is 1. The van der Waals surface area contributed by atoms with Crippen LogP contribution in [-0.4, -0.2) is 37.8 Å². The molecule has 3 N–H and O–H groups in total. The second kappa shape index (κ2) is 4.53. The maximum Gasteiger partial charge on any atom is 0.265 e. The highest BCUT2D eigenvalue weighted by Crippen LogP contribution is 2.38. The summed E-state index contributed by atoms with van der Waals surface area (Å²) >= 11 is 1.37. The van der Waals surface area contributed by atoms with Crippen LogP contribution in [0, 0.1) is 5.92 Å². The van der Waals surface area contributed by atoms with E-state index in [0.717, 1.165) is 13.0 Å². The van der Waals surface area contributed by atoms with Gasteiger partial charge in [-0.3, -0.25) is 4.79 Å². The van der Waals surface area contributed by atoms with Crippen molar-refractivity contribution >= 4 is 17.2 Å². The first-order valence-electron chi connectivity index (χ1n) is 6.02. The van der Waals surface area contributed by atoms with Gasteiger partial charge in [0.25, 0.3) is 5.91 Å². The monoisotopic (exact) mass is 268 g/mol. The van der Waals surface area contributed by atoms with Crippen molar-refractivity contribution in [2.75, 3.05) is 13.7 Å². The predicted octanol–water partition coefficient (Wildman–Crippen LogP) is 0.601. The van der Waals surface area contributed by atoms with Gasteiger partial charge in [-0.15, -0.1) is 11.3 Å². The second-order valence-electron chi connectivity index (χ2n) is 4.68. The van der Waals surface area contributed by atoms with Gasteiger partial charge in [0.1, 0.15) is 10.6 Å². The molecular formula is C12H16N2O3S. The molecule has 18 heavy (non-hydrogen) atoms. The highest BCUT2D eigenvalue weighted by molar-refractivity contribution is 7.12. The summed E-state index contributed by atoms with van der Waals surface area (Å²) in [6.45, 7) is 0.748. The van der Waals surface area contributed by atoms with Crippen LogP contribution in [0.2, 0.25) is 0 Å². The molecule has 1 aromatic heterocycles. The zero-order chi connectivity index (χ0) is 12.7. The van der Waals surface area contributed by atoms with Gasteiger partial charge in [0.15, 0.2) is 0 Å². The third-order valence-electron chi connectivity index (χ3n) is 3.80. The van der Waals surface area contributed by atoms with E-state index in [-0.39, 0.29) is 24.1 Å². The number of ether oxygens (including phenoxy) is 2. The molecule has 3 rings (SSSR count). The summed E-state index contributed by atoms with van der Waals surface area (Å²) in [4.78, 5) is 12.7. The number of nitrogens with one attached hydrogen (secondary N) is 1. The zero-order valence-electron chi connectivity index (χ0n) is 10.1. The van der Waals surface area contributed by atoms with Gasteiger partial charge in [0.2, 0.25) is 0 Å². The summed E-state index contributed by atoms with van der Waals surface area (Å²) in [5.74, 6) is 0.881. The molecule has 6 heteroatoms. The minimum Gasteiger partial charge on any atom is -0.495 e. The van der Waals surface area contributed by atoms with Gasteiger partial charge in [-0.25, -0.2) is 0 Å². The van der Waals surface area contributed by atoms with Crippen molar-refractivity contribution in [1.29, 1.82) is 0 Å². The molecule has 98 valence electrons. The summed E-state index contributed by atoms with van der Waals surface area (Å²) in [6, 6.07) is 1.72. The van der Waals surface area contributed by atoms with Crippen LogP contribution in [0.25, 0.3) is 0 Å². The molecule has 0 spiro atoms. The van der Waals surface area contributed by atoms with E-state index >= 15 is 0 Å². The molecule has 4 unspecified atom stereocenters. The second-order valence-corrected chi connectivity index (χ2v) is 5.60. The molecule has 2 aliphatic rings. The first kappa shape index (κ1) is 12.0. The Balaban J connectivity index is 1.68. The first-order valence-corrected chi connectivity index (χ1v) is 6.90. The highest BCUT2D eigenvalue weighted by atomic mass is 32.1. The number of hydrogen-bond acceptors (Lipinski definition) is 5. The average Bonchev–Trinajstić information content (AvgIpc) is 3.01. The first-order chi connectivity index (χ1) is 8.72. The van der Waals surface area contributed by atoms with Crippen molar-refractivity contribution in [1.82, 2.24) is 5.32 Å². The molecule has 4 atom stereocenters. The van der Waals surface area contributed by atoms with E-state index in [1.807, 2.05) is 5.38 Å². The molecule has 5 nitrogen and oxygen atoms in total. The minimum absolute atomic E-state index is 0.00686. The average molecular weight is 268 g/mol. The summed E-state index contributed by atoms with van der Waals surface area (Å²) in [5.41, 5.74) is 6.06. The largest absolute Gasteiger partial charge is 0.495 e. The highest BCUT2D eigenvalue weighted by Gasteiger charge is 2.52. The topological polar surface area (TPSA) is 73.6 Å². The van der Waals surface area contributed by atoms with Crippen LogP contribution in [0.1, 0.15) is 16.1 Å². The van der Waals surface area contributed by atoms with E-state index in [0.29, 0.717) is 16.5 Å². The number of hydrogen-bond donors (Lipinski definition) is 2. The fourth-order valence-corrected chi connectivity index (χ4v) is 3.53. The Hall–Kier alpha value is -1.11. The SMILES string of the molecule is COc1ccsc1C(=O)NC1C(N)C2CCOC21. The van der Waals surface area contributed by atoms with Crippen LogP contribution in [0.3, 0.4) is 0 Å². The molecule has 2 fully saturated rings. The van der Waals surface area contributed by atoms with Gasteiger partial charge in [-0.05, 0) is 17.9 Å². The molecule has 1 saturated heterocycles. The lowest BCUT2D eigenvalue weighted by atomic mass is 9.72. The molecule has 0 aromatic carbocycles. The molecular weight excluding hydrogens is 252 g/mol. The summed E-state index contributed by atoms with van der Waals surface area (Å²) < 4.78 is 10.7. The van der Waals surface area contributed by atoms with E-state index in [9.17, 15) is 4.79 Å². The lowest BCUT2D eigenvalue weighted by molar-refractivity contribution is -0.0160. The molecule has 1 aromatic rings. The smallest absolute Gasteiger partial charge is 0.265 e. The van der Waals surface area contributed by atoms with E-state index in [1.165, 1.54) is 11.3 Å². The van der Waals surface area contributed by atoms with Crippen molar-refractivity contribution in [2.45, 2.75) is 24.6 Å². The van der Waals surface area contributed by atoms with E-state index < -0.39 is 0 Å². The summed E-state index contributed by atoms with van der Waals surface area (Å²) in [6.07, 6.45) is 1.09. The van der Waals surface area contributed by atoms with Gasteiger partial charge in [0, 0.05) is 18.6 Å². The van der Waals surface area contributed by atoms with Gasteiger partial charge >= 0.3 is 0 Å². The van der Waals surface area contributed by atoms with E-state index in [2.05, 4.69) is 5.32 Å². The Morgan fingerprint density at radius 3 is 3.28 bits per heavy atom. The third-order valence-corrected chi connectivity index (χ3v) is 4.69. The third kappa shape index (κ3) is 1.72. The molecule has 0 bridgehead atoms. The Kier molecular flexibility index (Phi) is 3.01. The normalized spacial score (nSPS) is 33.7. The maximum atomic E-state index is 12.1. The molecule has 1 aliphatic carbocycles. The lowest BCUT2D eigenvalue weighted by Crippen LogP contribution is -2.68. The van der Waals surface area contributed by atoms with Crippen molar-refractivity contribution in [3.05, 3.63) is 16.3 Å². The van der Waals surface area contributed by atoms with Crippen molar-refractivity contribution in [2.24, 2.45) is 11.7 Å². The number of fused-ring (bicyclic) bond motifs is 1. The molecule has 1 amide bonds.